The molecule has 1 N–H and O–H groups in total. The summed E-state index contributed by atoms with van der Waals surface area (Å²) in [7, 11) is 3.89. The van der Waals surface area contributed by atoms with E-state index in [0.29, 0.717) is 6.04 Å². The van der Waals surface area contributed by atoms with Crippen molar-refractivity contribution < 1.29 is 4.74 Å². The Balaban J connectivity index is 2.11. The molecule has 0 aromatic carbocycles. The minimum absolute atomic E-state index is 0.123. The molecular formula is C13H20BrNOS. The van der Waals surface area contributed by atoms with Crippen molar-refractivity contribution in [2.24, 2.45) is 0 Å². The zero-order valence-electron chi connectivity index (χ0n) is 10.7. The van der Waals surface area contributed by atoms with Crippen molar-refractivity contribution in [1.82, 2.24) is 5.32 Å². The molecule has 96 valence electrons. The molecule has 1 aliphatic rings. The van der Waals surface area contributed by atoms with Gasteiger partial charge in [0.15, 0.2) is 0 Å². The van der Waals surface area contributed by atoms with Crippen LogP contribution in [0.25, 0.3) is 0 Å². The van der Waals surface area contributed by atoms with E-state index in [-0.39, 0.29) is 5.60 Å². The van der Waals surface area contributed by atoms with Gasteiger partial charge in [-0.15, -0.1) is 11.3 Å². The number of methoxy groups -OCH3 is 1. The summed E-state index contributed by atoms with van der Waals surface area (Å²) in [6, 6.07) is 2.65. The zero-order chi connectivity index (χ0) is 12.5. The number of thiophene rings is 1. The Morgan fingerprint density at radius 1 is 1.59 bits per heavy atom. The molecule has 4 heteroatoms. The third-order valence-electron chi connectivity index (χ3n) is 3.84. The minimum Gasteiger partial charge on any atom is -0.378 e. The highest BCUT2D eigenvalue weighted by atomic mass is 79.9. The van der Waals surface area contributed by atoms with Gasteiger partial charge in [-0.2, -0.15) is 0 Å². The standard InChI is InChI=1S/C13H20BrNOS/c1-9-10(14)7-12(17-9)11(15-2)8-13(16-3)5-4-6-13/h7,11,15H,4-6,8H2,1-3H3. The average Bonchev–Trinajstić information content (AvgIpc) is 2.59. The highest BCUT2D eigenvalue weighted by molar-refractivity contribution is 9.10. The molecule has 2 rings (SSSR count). The summed E-state index contributed by atoms with van der Waals surface area (Å²) in [5, 5.41) is 3.43. The summed E-state index contributed by atoms with van der Waals surface area (Å²) in [5.74, 6) is 0. The summed E-state index contributed by atoms with van der Waals surface area (Å²) in [6.45, 7) is 2.15. The maximum Gasteiger partial charge on any atom is 0.0697 e. The summed E-state index contributed by atoms with van der Waals surface area (Å²) >= 11 is 5.46. The van der Waals surface area contributed by atoms with Crippen molar-refractivity contribution >= 4 is 27.3 Å². The van der Waals surface area contributed by atoms with Gasteiger partial charge in [0.1, 0.15) is 0 Å². The highest BCUT2D eigenvalue weighted by Crippen LogP contribution is 2.43. The van der Waals surface area contributed by atoms with Crippen LogP contribution in [0, 0.1) is 6.92 Å². The first-order valence-electron chi connectivity index (χ1n) is 6.08. The number of aryl methyl sites for hydroxylation is 1. The van der Waals surface area contributed by atoms with E-state index in [1.165, 1.54) is 33.5 Å². The van der Waals surface area contributed by atoms with Crippen LogP contribution in [0.2, 0.25) is 0 Å². The number of nitrogens with one attached hydrogen (secondary N) is 1. The number of ether oxygens (including phenoxy) is 1. The summed E-state index contributed by atoms with van der Waals surface area (Å²) in [5.41, 5.74) is 0.123. The number of rotatable bonds is 5. The Morgan fingerprint density at radius 3 is 2.65 bits per heavy atom. The van der Waals surface area contributed by atoms with Crippen molar-refractivity contribution in [3.8, 4) is 0 Å². The van der Waals surface area contributed by atoms with Gasteiger partial charge in [0.25, 0.3) is 0 Å². The lowest BCUT2D eigenvalue weighted by atomic mass is 9.75. The first-order chi connectivity index (χ1) is 8.10. The fraction of sp³-hybridized carbons (Fsp3) is 0.692. The molecule has 1 aliphatic carbocycles. The predicted octanol–water partition coefficient (Wildman–Crippen LogP) is 4.04. The Morgan fingerprint density at radius 2 is 2.29 bits per heavy atom. The van der Waals surface area contributed by atoms with Crippen LogP contribution in [-0.4, -0.2) is 19.8 Å². The SMILES string of the molecule is CNC(CC1(OC)CCC1)c1cc(Br)c(C)s1. The molecule has 1 aromatic rings. The van der Waals surface area contributed by atoms with Gasteiger partial charge in [-0.25, -0.2) is 0 Å². The molecule has 2 nitrogen and oxygen atoms in total. The molecule has 0 spiro atoms. The molecular weight excluding hydrogens is 298 g/mol. The number of halogens is 1. The van der Waals surface area contributed by atoms with E-state index in [2.05, 4.69) is 34.2 Å². The lowest BCUT2D eigenvalue weighted by Crippen LogP contribution is -2.42. The van der Waals surface area contributed by atoms with Gasteiger partial charge < -0.3 is 10.1 Å². The largest absolute Gasteiger partial charge is 0.378 e. The first kappa shape index (κ1) is 13.5. The number of hydrogen-bond acceptors (Lipinski definition) is 3. The Labute approximate surface area is 116 Å². The monoisotopic (exact) mass is 317 g/mol. The Kier molecular flexibility index (Phi) is 4.29. The van der Waals surface area contributed by atoms with Gasteiger partial charge in [0.05, 0.1) is 5.60 Å². The average molecular weight is 318 g/mol. The van der Waals surface area contributed by atoms with Gasteiger partial charge in [0, 0.05) is 27.4 Å². The van der Waals surface area contributed by atoms with Crippen LogP contribution in [0.15, 0.2) is 10.5 Å². The van der Waals surface area contributed by atoms with E-state index in [0.717, 1.165) is 6.42 Å². The third-order valence-corrected chi connectivity index (χ3v) is 6.09. The molecule has 0 radical (unpaired) electrons. The van der Waals surface area contributed by atoms with E-state index >= 15 is 0 Å². The molecule has 1 fully saturated rings. The Hall–Kier alpha value is 0.1000. The van der Waals surface area contributed by atoms with E-state index in [1.807, 2.05) is 25.5 Å². The Bertz CT molecular complexity index is 362. The highest BCUT2D eigenvalue weighted by Gasteiger charge is 2.39. The van der Waals surface area contributed by atoms with Crippen LogP contribution in [0.4, 0.5) is 0 Å². The summed E-state index contributed by atoms with van der Waals surface area (Å²) in [6.07, 6.45) is 4.78. The first-order valence-corrected chi connectivity index (χ1v) is 7.69. The van der Waals surface area contributed by atoms with E-state index in [9.17, 15) is 0 Å². The van der Waals surface area contributed by atoms with Crippen LogP contribution in [0.1, 0.15) is 41.5 Å². The van der Waals surface area contributed by atoms with Gasteiger partial charge >= 0.3 is 0 Å². The molecule has 1 atom stereocenters. The smallest absolute Gasteiger partial charge is 0.0697 e. The lowest BCUT2D eigenvalue weighted by molar-refractivity contribution is -0.0832. The molecule has 0 aliphatic heterocycles. The molecule has 1 aromatic heterocycles. The van der Waals surface area contributed by atoms with E-state index in [1.54, 1.807) is 0 Å². The third kappa shape index (κ3) is 2.75. The van der Waals surface area contributed by atoms with Crippen LogP contribution < -0.4 is 5.32 Å². The van der Waals surface area contributed by atoms with Crippen LogP contribution in [0.3, 0.4) is 0 Å². The maximum atomic E-state index is 5.72. The topological polar surface area (TPSA) is 21.3 Å². The fourth-order valence-corrected chi connectivity index (χ4v) is 4.10. The quantitative estimate of drug-likeness (QED) is 0.885. The summed E-state index contributed by atoms with van der Waals surface area (Å²) < 4.78 is 6.94. The molecule has 1 unspecified atom stereocenters. The van der Waals surface area contributed by atoms with Gasteiger partial charge in [0.2, 0.25) is 0 Å². The second kappa shape index (κ2) is 5.39. The molecule has 1 saturated carbocycles. The summed E-state index contributed by atoms with van der Waals surface area (Å²) in [4.78, 5) is 2.75. The van der Waals surface area contributed by atoms with Crippen molar-refractivity contribution in [3.05, 3.63) is 20.3 Å². The maximum absolute atomic E-state index is 5.72. The van der Waals surface area contributed by atoms with Crippen LogP contribution in [0.5, 0.6) is 0 Å². The van der Waals surface area contributed by atoms with Crippen molar-refractivity contribution in [2.75, 3.05) is 14.2 Å². The molecule has 0 saturated heterocycles. The van der Waals surface area contributed by atoms with Crippen molar-refractivity contribution in [3.63, 3.8) is 0 Å². The molecule has 0 amide bonds. The van der Waals surface area contributed by atoms with Gasteiger partial charge in [-0.05, 0) is 61.7 Å². The molecule has 17 heavy (non-hydrogen) atoms. The molecule has 0 bridgehead atoms. The second-order valence-corrected chi connectivity index (χ2v) is 6.98. The molecule has 1 heterocycles. The fourth-order valence-electron chi connectivity index (χ4n) is 2.43. The van der Waals surface area contributed by atoms with Crippen LogP contribution >= 0.6 is 27.3 Å². The van der Waals surface area contributed by atoms with E-state index in [4.69, 9.17) is 4.74 Å². The van der Waals surface area contributed by atoms with Gasteiger partial charge in [-0.1, -0.05) is 0 Å². The zero-order valence-corrected chi connectivity index (χ0v) is 13.1. The lowest BCUT2D eigenvalue weighted by Gasteiger charge is -2.42. The second-order valence-electron chi connectivity index (χ2n) is 4.84. The normalized spacial score (nSPS) is 20.0. The van der Waals surface area contributed by atoms with Crippen molar-refractivity contribution in [2.45, 2.75) is 44.2 Å². The van der Waals surface area contributed by atoms with E-state index < -0.39 is 0 Å². The number of hydrogen-bond donors (Lipinski definition) is 1. The van der Waals surface area contributed by atoms with Gasteiger partial charge in [-0.3, -0.25) is 0 Å². The van der Waals surface area contributed by atoms with Crippen molar-refractivity contribution in [1.29, 1.82) is 0 Å². The predicted molar refractivity (Wildman–Crippen MR) is 76.8 cm³/mol. The van der Waals surface area contributed by atoms with Crippen LogP contribution in [-0.2, 0) is 4.74 Å². The minimum atomic E-state index is 0.123.